The second kappa shape index (κ2) is 5.61. The van der Waals surface area contributed by atoms with E-state index in [1.54, 1.807) is 0 Å². The zero-order valence-electron chi connectivity index (χ0n) is 7.87. The first-order valence-corrected chi connectivity index (χ1v) is 7.09. The topological polar surface area (TPSA) is 116 Å². The Morgan fingerprint density at radius 1 is 1.40 bits per heavy atom. The van der Waals surface area contributed by atoms with Crippen LogP contribution in [0.4, 0.5) is 0 Å². The third-order valence-electron chi connectivity index (χ3n) is 1.23. The Morgan fingerprint density at radius 3 is 2.33 bits per heavy atom. The lowest BCUT2D eigenvalue weighted by Crippen LogP contribution is -2.16. The molecular weight excluding hydrogens is 244 g/mol. The second-order valence-corrected chi connectivity index (χ2v) is 5.95. The fourth-order valence-electron chi connectivity index (χ4n) is 0.637. The number of nitrogens with one attached hydrogen (secondary N) is 1. The van der Waals surface area contributed by atoms with Crippen molar-refractivity contribution in [1.29, 1.82) is 0 Å². The van der Waals surface area contributed by atoms with Gasteiger partial charge in [0.1, 0.15) is 0 Å². The largest absolute Gasteiger partial charge is 0.476 e. The molecule has 0 bridgehead atoms. The molecule has 0 saturated heterocycles. The van der Waals surface area contributed by atoms with Gasteiger partial charge in [-0.05, 0) is 6.08 Å². The summed E-state index contributed by atoms with van der Waals surface area (Å²) in [6.45, 7) is 6.86. The number of hydrogen-bond acceptors (Lipinski definition) is 4. The van der Waals surface area contributed by atoms with Crippen LogP contribution >= 0.6 is 15.4 Å². The highest BCUT2D eigenvalue weighted by molar-refractivity contribution is 7.63. The normalized spacial score (nSPS) is 15.4. The lowest BCUT2D eigenvalue weighted by atomic mass is 10.5. The molecule has 1 unspecified atom stereocenters. The highest BCUT2D eigenvalue weighted by atomic mass is 31.3. The first kappa shape index (κ1) is 14.6. The van der Waals surface area contributed by atoms with E-state index in [0.29, 0.717) is 5.70 Å². The maximum absolute atomic E-state index is 11.0. The Hall–Kier alpha value is -0.420. The van der Waals surface area contributed by atoms with Crippen molar-refractivity contribution in [1.82, 2.24) is 5.32 Å². The first-order valence-electron chi connectivity index (χ1n) is 3.80. The van der Waals surface area contributed by atoms with Crippen LogP contribution in [0.1, 0.15) is 0 Å². The lowest BCUT2D eigenvalue weighted by Gasteiger charge is -2.13. The minimum absolute atomic E-state index is 0.00136. The van der Waals surface area contributed by atoms with Crippen LogP contribution in [0.25, 0.3) is 0 Å². The Balaban J connectivity index is 4.06. The Bertz CT molecular complexity index is 335. The third kappa shape index (κ3) is 8.57. The summed E-state index contributed by atoms with van der Waals surface area (Å²) in [5.41, 5.74) is 0.436. The minimum atomic E-state index is -4.94. The molecule has 0 spiro atoms. The molecule has 0 heterocycles. The molecular formula is C6H13NO6P2. The van der Waals surface area contributed by atoms with E-state index in [2.05, 4.69) is 22.8 Å². The van der Waals surface area contributed by atoms with E-state index in [4.69, 9.17) is 14.7 Å². The summed E-state index contributed by atoms with van der Waals surface area (Å²) >= 11 is 0. The number of allylic oxidation sites excluding steroid dienone is 1. The maximum Gasteiger partial charge on any atom is 0.476 e. The van der Waals surface area contributed by atoms with E-state index < -0.39 is 21.6 Å². The Labute approximate surface area is 87.2 Å². The lowest BCUT2D eigenvalue weighted by molar-refractivity contribution is 0.263. The predicted molar refractivity (Wildman–Crippen MR) is 55.2 cm³/mol. The zero-order valence-corrected chi connectivity index (χ0v) is 9.66. The average Bonchev–Trinajstić information content (AvgIpc) is 1.98. The van der Waals surface area contributed by atoms with E-state index in [1.165, 1.54) is 6.08 Å². The van der Waals surface area contributed by atoms with Crippen LogP contribution in [0, 0.1) is 0 Å². The van der Waals surface area contributed by atoms with Gasteiger partial charge >= 0.3 is 15.4 Å². The van der Waals surface area contributed by atoms with Gasteiger partial charge in [0, 0.05) is 12.2 Å². The van der Waals surface area contributed by atoms with Gasteiger partial charge in [0.15, 0.2) is 0 Å². The van der Waals surface area contributed by atoms with Crippen molar-refractivity contribution in [3.05, 3.63) is 24.9 Å². The monoisotopic (exact) mass is 257 g/mol. The van der Waals surface area contributed by atoms with Gasteiger partial charge in [-0.2, -0.15) is 0 Å². The van der Waals surface area contributed by atoms with Gasteiger partial charge in [0.25, 0.3) is 0 Å². The molecule has 0 aliphatic rings. The van der Waals surface area contributed by atoms with Crippen molar-refractivity contribution >= 4 is 15.4 Å². The summed E-state index contributed by atoms with van der Waals surface area (Å²) in [5.74, 6) is 0. The Morgan fingerprint density at radius 2 is 1.93 bits per heavy atom. The fourth-order valence-corrected chi connectivity index (χ4v) is 2.69. The summed E-state index contributed by atoms with van der Waals surface area (Å²) in [4.78, 5) is 25.6. The summed E-state index contributed by atoms with van der Waals surface area (Å²) < 4.78 is 25.1. The van der Waals surface area contributed by atoms with Gasteiger partial charge in [-0.25, -0.2) is 8.88 Å². The third-order valence-corrected chi connectivity index (χ3v) is 3.89. The zero-order chi connectivity index (χ0) is 12.1. The molecule has 0 aliphatic carbocycles. The highest BCUT2D eigenvalue weighted by Gasteiger charge is 2.29. The van der Waals surface area contributed by atoms with Gasteiger partial charge < -0.3 is 20.0 Å². The van der Waals surface area contributed by atoms with Crippen LogP contribution in [0.5, 0.6) is 0 Å². The summed E-state index contributed by atoms with van der Waals surface area (Å²) in [6.07, 6.45) is 0.955. The number of phosphoric acid groups is 1. The first-order chi connectivity index (χ1) is 6.66. The second-order valence-electron chi connectivity index (χ2n) is 2.59. The smallest absolute Gasteiger partial charge is 0.385 e. The maximum atomic E-state index is 11.0. The average molecular weight is 257 g/mol. The van der Waals surface area contributed by atoms with E-state index >= 15 is 0 Å². The van der Waals surface area contributed by atoms with Gasteiger partial charge in [-0.3, -0.25) is 4.57 Å². The number of hydrogen-bond donors (Lipinski definition) is 4. The molecule has 9 heteroatoms. The molecule has 0 aromatic carbocycles. The summed E-state index contributed by atoms with van der Waals surface area (Å²) in [6, 6.07) is 0. The molecule has 0 radical (unpaired) electrons. The predicted octanol–water partition coefficient (Wildman–Crippen LogP) is 0.570. The quantitative estimate of drug-likeness (QED) is 0.389. The van der Waals surface area contributed by atoms with E-state index in [-0.39, 0.29) is 6.54 Å². The van der Waals surface area contributed by atoms with Crippen molar-refractivity contribution in [2.24, 2.45) is 0 Å². The van der Waals surface area contributed by atoms with Crippen LogP contribution in [-0.2, 0) is 13.4 Å². The van der Waals surface area contributed by atoms with Crippen molar-refractivity contribution in [3.8, 4) is 0 Å². The van der Waals surface area contributed by atoms with Crippen LogP contribution in [0.3, 0.4) is 0 Å². The molecule has 15 heavy (non-hydrogen) atoms. The van der Waals surface area contributed by atoms with Crippen LogP contribution in [0.2, 0.25) is 0 Å². The molecule has 0 amide bonds. The van der Waals surface area contributed by atoms with Crippen molar-refractivity contribution < 1.29 is 28.1 Å². The molecule has 88 valence electrons. The molecule has 0 saturated carbocycles. The standard InChI is InChI=1S/C6H13NO6P2/c1-3-6(2)7-4-5-14(8,9)13-15(10,11)12/h3,7H,1-2,4-5H2,(H,8,9)(H2,10,11,12). The van der Waals surface area contributed by atoms with Gasteiger partial charge in [0.05, 0.1) is 6.16 Å². The van der Waals surface area contributed by atoms with Crippen molar-refractivity contribution in [2.45, 2.75) is 0 Å². The molecule has 1 atom stereocenters. The van der Waals surface area contributed by atoms with Gasteiger partial charge in [-0.15, -0.1) is 0 Å². The van der Waals surface area contributed by atoms with Crippen LogP contribution in [-0.4, -0.2) is 27.4 Å². The van der Waals surface area contributed by atoms with Crippen LogP contribution < -0.4 is 5.32 Å². The van der Waals surface area contributed by atoms with E-state index in [0.717, 1.165) is 0 Å². The van der Waals surface area contributed by atoms with E-state index in [9.17, 15) is 9.13 Å². The number of rotatable bonds is 7. The molecule has 4 N–H and O–H groups in total. The van der Waals surface area contributed by atoms with Gasteiger partial charge in [-0.1, -0.05) is 13.2 Å². The molecule has 0 aromatic heterocycles. The summed E-state index contributed by atoms with van der Waals surface area (Å²) in [7, 11) is -9.22. The molecule has 0 fully saturated rings. The molecule has 7 nitrogen and oxygen atoms in total. The van der Waals surface area contributed by atoms with Crippen LogP contribution in [0.15, 0.2) is 24.9 Å². The SMILES string of the molecule is C=CC(=C)NCCP(=O)(O)OP(=O)(O)O. The molecule has 0 aliphatic heterocycles. The van der Waals surface area contributed by atoms with Crippen molar-refractivity contribution in [2.75, 3.05) is 12.7 Å². The summed E-state index contributed by atoms with van der Waals surface area (Å²) in [5, 5.41) is 2.60. The van der Waals surface area contributed by atoms with E-state index in [1.807, 2.05) is 0 Å². The minimum Gasteiger partial charge on any atom is -0.385 e. The van der Waals surface area contributed by atoms with Gasteiger partial charge in [0.2, 0.25) is 0 Å². The Kier molecular flexibility index (Phi) is 5.45. The fraction of sp³-hybridized carbons (Fsp3) is 0.333. The highest BCUT2D eigenvalue weighted by Crippen LogP contribution is 2.56. The molecule has 0 rings (SSSR count). The molecule has 0 aromatic rings. The van der Waals surface area contributed by atoms with Crippen molar-refractivity contribution in [3.63, 3.8) is 0 Å².